The highest BCUT2D eigenvalue weighted by molar-refractivity contribution is 5.25. The van der Waals surface area contributed by atoms with Crippen molar-refractivity contribution in [1.29, 1.82) is 0 Å². The summed E-state index contributed by atoms with van der Waals surface area (Å²) in [5.74, 6) is 1.56. The highest BCUT2D eigenvalue weighted by Gasteiger charge is 2.06. The summed E-state index contributed by atoms with van der Waals surface area (Å²) in [7, 11) is 0. The maximum absolute atomic E-state index is 5.46. The maximum atomic E-state index is 5.46. The molecule has 0 aromatic carbocycles. The molecule has 0 aliphatic carbocycles. The summed E-state index contributed by atoms with van der Waals surface area (Å²) in [5, 5.41) is 11.9. The van der Waals surface area contributed by atoms with Crippen molar-refractivity contribution in [2.24, 2.45) is 0 Å². The van der Waals surface area contributed by atoms with Crippen molar-refractivity contribution in [2.45, 2.75) is 13.8 Å². The molecule has 2 heterocycles. The van der Waals surface area contributed by atoms with Crippen LogP contribution in [-0.4, -0.2) is 25.0 Å². The van der Waals surface area contributed by atoms with Crippen LogP contribution in [0.15, 0.2) is 12.1 Å². The molecule has 2 N–H and O–H groups in total. The highest BCUT2D eigenvalue weighted by Crippen LogP contribution is 2.06. The molecular weight excluding hydrogens is 180 g/mol. The van der Waals surface area contributed by atoms with Crippen LogP contribution >= 0.6 is 0 Å². The minimum atomic E-state index is 0.241. The molecule has 0 saturated heterocycles. The van der Waals surface area contributed by atoms with E-state index < -0.39 is 0 Å². The van der Waals surface area contributed by atoms with Gasteiger partial charge in [0.25, 0.3) is 0 Å². The van der Waals surface area contributed by atoms with Gasteiger partial charge in [-0.05, 0) is 26.0 Å². The lowest BCUT2D eigenvalue weighted by Crippen LogP contribution is -2.03. The van der Waals surface area contributed by atoms with Crippen LogP contribution in [0.5, 0.6) is 0 Å². The Kier molecular flexibility index (Phi) is 1.88. The van der Waals surface area contributed by atoms with E-state index >= 15 is 0 Å². The first-order chi connectivity index (χ1) is 6.66. The van der Waals surface area contributed by atoms with E-state index in [1.54, 1.807) is 4.68 Å². The van der Waals surface area contributed by atoms with E-state index in [1.165, 1.54) is 0 Å². The minimum Gasteiger partial charge on any atom is -0.366 e. The molecule has 6 heteroatoms. The van der Waals surface area contributed by atoms with Gasteiger partial charge in [-0.3, -0.25) is 0 Å². The predicted octanol–water partition coefficient (Wildman–Crippen LogP) is 0.256. The van der Waals surface area contributed by atoms with Crippen LogP contribution in [0.1, 0.15) is 11.5 Å². The van der Waals surface area contributed by atoms with Crippen LogP contribution in [0, 0.1) is 13.8 Å². The van der Waals surface area contributed by atoms with Crippen molar-refractivity contribution < 1.29 is 0 Å². The van der Waals surface area contributed by atoms with Crippen molar-refractivity contribution in [3.05, 3.63) is 23.7 Å². The molecule has 0 radical (unpaired) electrons. The van der Waals surface area contributed by atoms with E-state index in [2.05, 4.69) is 20.3 Å². The molecule has 2 aromatic rings. The highest BCUT2D eigenvalue weighted by atomic mass is 15.4. The Labute approximate surface area is 80.8 Å². The smallest absolute Gasteiger partial charge is 0.240 e. The zero-order valence-corrected chi connectivity index (χ0v) is 7.97. The van der Waals surface area contributed by atoms with Gasteiger partial charge in [0.2, 0.25) is 5.95 Å². The van der Waals surface area contributed by atoms with E-state index in [-0.39, 0.29) is 5.95 Å². The molecule has 14 heavy (non-hydrogen) atoms. The van der Waals surface area contributed by atoms with Gasteiger partial charge in [-0.2, -0.15) is 14.8 Å². The number of nitrogens with two attached hydrogens (primary N) is 1. The van der Waals surface area contributed by atoms with Gasteiger partial charge in [-0.15, -0.1) is 10.2 Å². The largest absolute Gasteiger partial charge is 0.366 e. The molecule has 2 rings (SSSR count). The van der Waals surface area contributed by atoms with E-state index in [0.717, 1.165) is 5.69 Å². The summed E-state index contributed by atoms with van der Waals surface area (Å²) in [6.07, 6.45) is 0. The fraction of sp³-hybridized carbons (Fsp3) is 0.250. The zero-order valence-electron chi connectivity index (χ0n) is 7.97. The molecule has 0 fully saturated rings. The number of nitrogen functional groups attached to an aromatic ring is 1. The molecule has 2 aromatic heterocycles. The Bertz CT molecular complexity index is 443. The molecule has 0 atom stereocenters. The number of aryl methyl sites for hydroxylation is 2. The van der Waals surface area contributed by atoms with Crippen molar-refractivity contribution in [2.75, 3.05) is 5.73 Å². The maximum Gasteiger partial charge on any atom is 0.240 e. The predicted molar refractivity (Wildman–Crippen MR) is 50.8 cm³/mol. The number of nitrogens with zero attached hydrogens (tertiary/aromatic N) is 5. The lowest BCUT2D eigenvalue weighted by molar-refractivity contribution is 0.781. The van der Waals surface area contributed by atoms with Crippen molar-refractivity contribution >= 4 is 5.95 Å². The number of hydrogen-bond acceptors (Lipinski definition) is 5. The van der Waals surface area contributed by atoms with Gasteiger partial charge in [0.1, 0.15) is 5.82 Å². The second-order valence-electron chi connectivity index (χ2n) is 2.96. The Morgan fingerprint density at radius 3 is 2.50 bits per heavy atom. The van der Waals surface area contributed by atoms with Crippen molar-refractivity contribution in [3.8, 4) is 5.82 Å². The van der Waals surface area contributed by atoms with Crippen LogP contribution in [-0.2, 0) is 0 Å². The Hall–Kier alpha value is -1.98. The van der Waals surface area contributed by atoms with Gasteiger partial charge in [0.15, 0.2) is 5.82 Å². The Morgan fingerprint density at radius 2 is 2.00 bits per heavy atom. The topological polar surface area (TPSA) is 82.5 Å². The summed E-state index contributed by atoms with van der Waals surface area (Å²) >= 11 is 0. The third kappa shape index (κ3) is 1.41. The van der Waals surface area contributed by atoms with Crippen LogP contribution in [0.25, 0.3) is 5.82 Å². The second-order valence-corrected chi connectivity index (χ2v) is 2.96. The molecule has 0 unspecified atom stereocenters. The molecule has 0 aliphatic heterocycles. The summed E-state index contributed by atoms with van der Waals surface area (Å²) < 4.78 is 1.56. The van der Waals surface area contributed by atoms with E-state index in [0.29, 0.717) is 11.6 Å². The molecule has 72 valence electrons. The standard InChI is InChI=1S/C8H10N6/c1-5-3-4-7(12-11-5)14-6(2)10-8(9)13-14/h3-4H,1-2H3,(H2,9,13). The zero-order chi connectivity index (χ0) is 10.1. The van der Waals surface area contributed by atoms with Gasteiger partial charge in [-0.1, -0.05) is 0 Å². The Morgan fingerprint density at radius 1 is 1.21 bits per heavy atom. The lowest BCUT2D eigenvalue weighted by atomic mass is 10.4. The number of anilines is 1. The summed E-state index contributed by atoms with van der Waals surface area (Å²) in [5.41, 5.74) is 6.32. The van der Waals surface area contributed by atoms with E-state index in [4.69, 9.17) is 5.73 Å². The van der Waals surface area contributed by atoms with Crippen molar-refractivity contribution in [3.63, 3.8) is 0 Å². The van der Waals surface area contributed by atoms with Gasteiger partial charge in [0, 0.05) is 0 Å². The summed E-state index contributed by atoms with van der Waals surface area (Å²) in [6, 6.07) is 3.68. The normalized spacial score (nSPS) is 10.4. The fourth-order valence-corrected chi connectivity index (χ4v) is 1.13. The number of aromatic nitrogens is 5. The van der Waals surface area contributed by atoms with Crippen LogP contribution < -0.4 is 5.73 Å². The fourth-order valence-electron chi connectivity index (χ4n) is 1.13. The first-order valence-electron chi connectivity index (χ1n) is 4.16. The molecule has 0 bridgehead atoms. The SMILES string of the molecule is Cc1ccc(-n2nc(N)nc2C)nn1. The van der Waals surface area contributed by atoms with Gasteiger partial charge >= 0.3 is 0 Å². The Balaban J connectivity index is 2.49. The average Bonchev–Trinajstić information content (AvgIpc) is 2.47. The van der Waals surface area contributed by atoms with E-state index in [9.17, 15) is 0 Å². The summed E-state index contributed by atoms with van der Waals surface area (Å²) in [4.78, 5) is 3.97. The van der Waals surface area contributed by atoms with Crippen LogP contribution in [0.3, 0.4) is 0 Å². The first-order valence-corrected chi connectivity index (χ1v) is 4.16. The minimum absolute atomic E-state index is 0.241. The van der Waals surface area contributed by atoms with E-state index in [1.807, 2.05) is 26.0 Å². The quantitative estimate of drug-likeness (QED) is 0.697. The molecule has 6 nitrogen and oxygen atoms in total. The molecule has 0 spiro atoms. The van der Waals surface area contributed by atoms with Crippen LogP contribution in [0.4, 0.5) is 5.95 Å². The molecular formula is C8H10N6. The number of rotatable bonds is 1. The van der Waals surface area contributed by atoms with Gasteiger partial charge in [-0.25, -0.2) is 0 Å². The molecule has 0 aliphatic rings. The third-order valence-corrected chi connectivity index (χ3v) is 1.79. The third-order valence-electron chi connectivity index (χ3n) is 1.79. The summed E-state index contributed by atoms with van der Waals surface area (Å²) in [6.45, 7) is 3.68. The lowest BCUT2D eigenvalue weighted by Gasteiger charge is -1.99. The average molecular weight is 190 g/mol. The van der Waals surface area contributed by atoms with Crippen molar-refractivity contribution in [1.82, 2.24) is 25.0 Å². The first kappa shape index (κ1) is 8.61. The molecule has 0 saturated carbocycles. The van der Waals surface area contributed by atoms with Crippen LogP contribution in [0.2, 0.25) is 0 Å². The monoisotopic (exact) mass is 190 g/mol. The second kappa shape index (κ2) is 3.06. The molecule has 0 amide bonds. The van der Waals surface area contributed by atoms with Gasteiger partial charge in [0.05, 0.1) is 5.69 Å². The van der Waals surface area contributed by atoms with Gasteiger partial charge < -0.3 is 5.73 Å². The number of hydrogen-bond donors (Lipinski definition) is 1.